The summed E-state index contributed by atoms with van der Waals surface area (Å²) in [5, 5.41) is 5.70. The first-order valence-corrected chi connectivity index (χ1v) is 8.73. The molecule has 2 aromatic carbocycles. The highest BCUT2D eigenvalue weighted by Crippen LogP contribution is 2.32. The molecule has 1 heterocycles. The molecule has 0 radical (unpaired) electrons. The zero-order valence-electron chi connectivity index (χ0n) is 14.8. The molecule has 2 N–H and O–H groups in total. The molecule has 0 bridgehead atoms. The third-order valence-electron chi connectivity index (χ3n) is 4.76. The molecular weight excluding hydrogens is 360 g/mol. The second-order valence-electron chi connectivity index (χ2n) is 6.77. The standard InChI is InChI=1S/C20H20F4N2O/c1-12(13-3-2-4-15(10-13)20(22,23)24)9-18(27)26-17-6-5-14-11-25-8-7-16(14)19(17)21/h2-6,10,12,25H,7-9,11H2,1H3,(H,26,27). The molecule has 2 aromatic rings. The van der Waals surface area contributed by atoms with E-state index in [4.69, 9.17) is 0 Å². The summed E-state index contributed by atoms with van der Waals surface area (Å²) in [5.41, 5.74) is 1.24. The minimum absolute atomic E-state index is 0.0423. The number of carbonyl (C=O) groups excluding carboxylic acids is 1. The van der Waals surface area contributed by atoms with Crippen LogP contribution >= 0.6 is 0 Å². The van der Waals surface area contributed by atoms with Crippen LogP contribution in [-0.4, -0.2) is 12.5 Å². The van der Waals surface area contributed by atoms with Crippen LogP contribution in [0.5, 0.6) is 0 Å². The molecule has 0 aliphatic carbocycles. The van der Waals surface area contributed by atoms with E-state index >= 15 is 0 Å². The lowest BCUT2D eigenvalue weighted by Gasteiger charge is -2.20. The molecule has 27 heavy (non-hydrogen) atoms. The van der Waals surface area contributed by atoms with Gasteiger partial charge in [-0.2, -0.15) is 13.2 Å². The summed E-state index contributed by atoms with van der Waals surface area (Å²) in [6.07, 6.45) is -3.93. The first-order valence-electron chi connectivity index (χ1n) is 8.73. The fraction of sp³-hybridized carbons (Fsp3) is 0.350. The lowest BCUT2D eigenvalue weighted by atomic mass is 9.95. The highest BCUT2D eigenvalue weighted by Gasteiger charge is 2.30. The Kier molecular flexibility index (Phi) is 5.51. The van der Waals surface area contributed by atoms with Gasteiger partial charge in [-0.15, -0.1) is 0 Å². The third kappa shape index (κ3) is 4.47. The van der Waals surface area contributed by atoms with Crippen molar-refractivity contribution in [2.45, 2.75) is 38.4 Å². The van der Waals surface area contributed by atoms with Gasteiger partial charge in [0.05, 0.1) is 11.3 Å². The van der Waals surface area contributed by atoms with Crippen molar-refractivity contribution in [1.29, 1.82) is 0 Å². The summed E-state index contributed by atoms with van der Waals surface area (Å²) in [4.78, 5) is 12.3. The molecule has 1 amide bonds. The molecule has 1 aliphatic rings. The number of halogens is 4. The molecule has 0 spiro atoms. The van der Waals surface area contributed by atoms with Crippen LogP contribution < -0.4 is 10.6 Å². The molecule has 1 aliphatic heterocycles. The lowest BCUT2D eigenvalue weighted by Crippen LogP contribution is -2.25. The summed E-state index contributed by atoms with van der Waals surface area (Å²) >= 11 is 0. The van der Waals surface area contributed by atoms with Crippen LogP contribution in [0.2, 0.25) is 0 Å². The van der Waals surface area contributed by atoms with Crippen molar-refractivity contribution in [2.75, 3.05) is 11.9 Å². The normalized spacial score (nSPS) is 15.1. The number of hydrogen-bond donors (Lipinski definition) is 2. The minimum atomic E-state index is -4.43. The Morgan fingerprint density at radius 1 is 1.26 bits per heavy atom. The highest BCUT2D eigenvalue weighted by atomic mass is 19.4. The third-order valence-corrected chi connectivity index (χ3v) is 4.76. The van der Waals surface area contributed by atoms with Gasteiger partial charge in [-0.1, -0.05) is 31.2 Å². The zero-order valence-corrected chi connectivity index (χ0v) is 14.8. The van der Waals surface area contributed by atoms with Crippen LogP contribution in [0.3, 0.4) is 0 Å². The molecule has 0 aromatic heterocycles. The fourth-order valence-electron chi connectivity index (χ4n) is 3.25. The number of carbonyl (C=O) groups is 1. The smallest absolute Gasteiger partial charge is 0.324 e. The molecule has 0 saturated carbocycles. The van der Waals surface area contributed by atoms with E-state index < -0.39 is 29.4 Å². The second kappa shape index (κ2) is 7.68. The van der Waals surface area contributed by atoms with Gasteiger partial charge in [-0.25, -0.2) is 4.39 Å². The maximum atomic E-state index is 14.6. The summed E-state index contributed by atoms with van der Waals surface area (Å²) in [6, 6.07) is 8.21. The fourth-order valence-corrected chi connectivity index (χ4v) is 3.25. The first-order chi connectivity index (χ1) is 12.8. The number of rotatable bonds is 4. The van der Waals surface area contributed by atoms with E-state index in [1.807, 2.05) is 0 Å². The van der Waals surface area contributed by atoms with Gasteiger partial charge in [0.1, 0.15) is 5.82 Å². The van der Waals surface area contributed by atoms with Crippen LogP contribution in [0, 0.1) is 5.82 Å². The quantitative estimate of drug-likeness (QED) is 0.760. The van der Waals surface area contributed by atoms with E-state index in [-0.39, 0.29) is 12.1 Å². The van der Waals surface area contributed by atoms with E-state index in [1.165, 1.54) is 12.1 Å². The topological polar surface area (TPSA) is 41.1 Å². The SMILES string of the molecule is CC(CC(=O)Nc1ccc2c(c1F)CCNC2)c1cccc(C(F)(F)F)c1. The number of fused-ring (bicyclic) bond motifs is 1. The monoisotopic (exact) mass is 380 g/mol. The predicted octanol–water partition coefficient (Wildman–Crippen LogP) is 4.62. The van der Waals surface area contributed by atoms with Crippen molar-refractivity contribution in [3.05, 3.63) is 64.5 Å². The van der Waals surface area contributed by atoms with Gasteiger partial charge < -0.3 is 10.6 Å². The highest BCUT2D eigenvalue weighted by molar-refractivity contribution is 5.91. The maximum absolute atomic E-state index is 14.6. The van der Waals surface area contributed by atoms with Crippen LogP contribution in [0.15, 0.2) is 36.4 Å². The Morgan fingerprint density at radius 2 is 2.04 bits per heavy atom. The van der Waals surface area contributed by atoms with Gasteiger partial charge in [0.2, 0.25) is 5.91 Å². The summed E-state index contributed by atoms with van der Waals surface area (Å²) in [5.74, 6) is -1.31. The number of alkyl halides is 3. The number of anilines is 1. The lowest BCUT2D eigenvalue weighted by molar-refractivity contribution is -0.137. The van der Waals surface area contributed by atoms with Gasteiger partial charge >= 0.3 is 6.18 Å². The molecule has 0 fully saturated rings. The van der Waals surface area contributed by atoms with Crippen molar-refractivity contribution in [1.82, 2.24) is 5.32 Å². The van der Waals surface area contributed by atoms with E-state index in [2.05, 4.69) is 10.6 Å². The number of nitrogens with one attached hydrogen (secondary N) is 2. The second-order valence-corrected chi connectivity index (χ2v) is 6.77. The van der Waals surface area contributed by atoms with Gasteiger partial charge in [0.25, 0.3) is 0 Å². The van der Waals surface area contributed by atoms with Crippen molar-refractivity contribution in [3.8, 4) is 0 Å². The number of amides is 1. The van der Waals surface area contributed by atoms with Gasteiger partial charge in [-0.05, 0) is 47.7 Å². The van der Waals surface area contributed by atoms with E-state index in [9.17, 15) is 22.4 Å². The van der Waals surface area contributed by atoms with Crippen molar-refractivity contribution in [3.63, 3.8) is 0 Å². The summed E-state index contributed by atoms with van der Waals surface area (Å²) < 4.78 is 53.1. The average molecular weight is 380 g/mol. The van der Waals surface area contributed by atoms with Crippen molar-refractivity contribution < 1.29 is 22.4 Å². The Bertz CT molecular complexity index is 848. The Labute approximate surface area is 154 Å². The van der Waals surface area contributed by atoms with Crippen LogP contribution in [0.25, 0.3) is 0 Å². The minimum Gasteiger partial charge on any atom is -0.324 e. The predicted molar refractivity (Wildman–Crippen MR) is 94.9 cm³/mol. The molecule has 3 nitrogen and oxygen atoms in total. The zero-order chi connectivity index (χ0) is 19.6. The van der Waals surface area contributed by atoms with E-state index in [0.29, 0.717) is 30.6 Å². The van der Waals surface area contributed by atoms with Crippen molar-refractivity contribution in [2.24, 2.45) is 0 Å². The Morgan fingerprint density at radius 3 is 2.78 bits per heavy atom. The maximum Gasteiger partial charge on any atom is 0.416 e. The molecular formula is C20H20F4N2O. The molecule has 144 valence electrons. The van der Waals surface area contributed by atoms with E-state index in [1.54, 1.807) is 19.1 Å². The molecule has 7 heteroatoms. The number of hydrogen-bond acceptors (Lipinski definition) is 2. The van der Waals surface area contributed by atoms with Gasteiger partial charge in [0, 0.05) is 13.0 Å². The van der Waals surface area contributed by atoms with Gasteiger partial charge in [-0.3, -0.25) is 4.79 Å². The van der Waals surface area contributed by atoms with Crippen LogP contribution in [0.1, 0.15) is 41.5 Å². The van der Waals surface area contributed by atoms with E-state index in [0.717, 1.165) is 17.7 Å². The van der Waals surface area contributed by atoms with Crippen LogP contribution in [-0.2, 0) is 23.9 Å². The Balaban J connectivity index is 1.69. The average Bonchev–Trinajstić information content (AvgIpc) is 2.63. The Hall–Kier alpha value is -2.41. The molecule has 0 saturated heterocycles. The number of benzene rings is 2. The van der Waals surface area contributed by atoms with Crippen molar-refractivity contribution >= 4 is 11.6 Å². The summed E-state index contributed by atoms with van der Waals surface area (Å²) in [6.45, 7) is 2.94. The molecule has 1 atom stereocenters. The first kappa shape index (κ1) is 19.4. The van der Waals surface area contributed by atoms with Crippen LogP contribution in [0.4, 0.5) is 23.2 Å². The summed E-state index contributed by atoms with van der Waals surface area (Å²) in [7, 11) is 0. The molecule has 1 unspecified atom stereocenters. The largest absolute Gasteiger partial charge is 0.416 e. The van der Waals surface area contributed by atoms with Gasteiger partial charge in [0.15, 0.2) is 0 Å². The molecule has 3 rings (SSSR count).